The van der Waals surface area contributed by atoms with Crippen LogP contribution < -0.4 is 0 Å². The zero-order valence-electron chi connectivity index (χ0n) is 15.7. The number of hydrogen-bond acceptors (Lipinski definition) is 7. The first kappa shape index (κ1) is 24.3. The van der Waals surface area contributed by atoms with E-state index >= 15 is 0 Å². The van der Waals surface area contributed by atoms with Crippen molar-refractivity contribution in [2.75, 3.05) is 85.9 Å². The molecule has 25 heavy (non-hydrogen) atoms. The zero-order valence-corrected chi connectivity index (χ0v) is 15.7. The molecule has 0 aliphatic carbocycles. The fourth-order valence-electron chi connectivity index (χ4n) is 1.57. The van der Waals surface area contributed by atoms with Gasteiger partial charge in [-0.2, -0.15) is 0 Å². The molecular weight excluding hydrogens is 328 g/mol. The molecule has 0 fully saturated rings. The highest BCUT2D eigenvalue weighted by Crippen LogP contribution is 1.88. The van der Waals surface area contributed by atoms with Gasteiger partial charge in [-0.15, -0.1) is 6.42 Å². The number of ether oxygens (including phenoxy) is 7. The minimum Gasteiger partial charge on any atom is -0.377 e. The predicted molar refractivity (Wildman–Crippen MR) is 94.8 cm³/mol. The minimum atomic E-state index is 0.243. The molecule has 0 radical (unpaired) electrons. The van der Waals surface area contributed by atoms with Gasteiger partial charge < -0.3 is 33.2 Å². The maximum atomic E-state index is 5.39. The maximum Gasteiger partial charge on any atom is 0.107 e. The Kier molecular flexibility index (Phi) is 20.7. The van der Waals surface area contributed by atoms with E-state index in [9.17, 15) is 0 Å². The van der Waals surface area contributed by atoms with Gasteiger partial charge in [0.05, 0.1) is 85.4 Å². The van der Waals surface area contributed by atoms with Gasteiger partial charge in [0.25, 0.3) is 0 Å². The van der Waals surface area contributed by atoms with Crippen LogP contribution in [0.15, 0.2) is 0 Å². The van der Waals surface area contributed by atoms with E-state index in [-0.39, 0.29) is 6.10 Å². The summed E-state index contributed by atoms with van der Waals surface area (Å²) in [5.41, 5.74) is 0. The van der Waals surface area contributed by atoms with Crippen molar-refractivity contribution in [1.29, 1.82) is 0 Å². The van der Waals surface area contributed by atoms with Crippen molar-refractivity contribution >= 4 is 0 Å². The van der Waals surface area contributed by atoms with Gasteiger partial charge in [-0.05, 0) is 13.8 Å². The summed E-state index contributed by atoms with van der Waals surface area (Å²) in [6.07, 6.45) is 5.29. The molecule has 0 aromatic rings. The fourth-order valence-corrected chi connectivity index (χ4v) is 1.57. The zero-order chi connectivity index (χ0) is 18.4. The van der Waals surface area contributed by atoms with Gasteiger partial charge in [0.1, 0.15) is 6.61 Å². The highest BCUT2D eigenvalue weighted by atomic mass is 16.6. The summed E-state index contributed by atoms with van der Waals surface area (Å²) in [4.78, 5) is 0. The average molecular weight is 362 g/mol. The Labute approximate surface area is 152 Å². The molecule has 0 aliphatic heterocycles. The molecule has 7 nitrogen and oxygen atoms in total. The molecule has 0 saturated heterocycles. The summed E-state index contributed by atoms with van der Waals surface area (Å²) >= 11 is 0. The molecule has 0 heterocycles. The van der Waals surface area contributed by atoms with Gasteiger partial charge in [0, 0.05) is 0 Å². The second kappa shape index (κ2) is 21.3. The Morgan fingerprint density at radius 3 is 1.20 bits per heavy atom. The molecule has 0 spiro atoms. The summed E-state index contributed by atoms with van der Waals surface area (Å²) in [5, 5.41) is 0. The first-order valence-corrected chi connectivity index (χ1v) is 8.79. The first-order chi connectivity index (χ1) is 12.3. The van der Waals surface area contributed by atoms with Gasteiger partial charge in [0.2, 0.25) is 0 Å². The topological polar surface area (TPSA) is 64.6 Å². The summed E-state index contributed by atoms with van der Waals surface area (Å²) in [6.45, 7) is 10.9. The Bertz CT molecular complexity index is 292. The van der Waals surface area contributed by atoms with Gasteiger partial charge >= 0.3 is 0 Å². The van der Waals surface area contributed by atoms with Crippen LogP contribution >= 0.6 is 0 Å². The van der Waals surface area contributed by atoms with E-state index in [1.165, 1.54) is 0 Å². The van der Waals surface area contributed by atoms with E-state index in [0.29, 0.717) is 85.9 Å². The SMILES string of the molecule is C#CCOCCOCCOCCOCCOCCOCCOC(C)C. The van der Waals surface area contributed by atoms with E-state index in [0.717, 1.165) is 0 Å². The third-order valence-corrected chi connectivity index (χ3v) is 2.72. The molecule has 0 aromatic heterocycles. The van der Waals surface area contributed by atoms with Gasteiger partial charge in [-0.3, -0.25) is 0 Å². The molecule has 7 heteroatoms. The van der Waals surface area contributed by atoms with Crippen molar-refractivity contribution in [1.82, 2.24) is 0 Å². The van der Waals surface area contributed by atoms with E-state index in [1.807, 2.05) is 13.8 Å². The van der Waals surface area contributed by atoms with Crippen molar-refractivity contribution in [2.24, 2.45) is 0 Å². The third kappa shape index (κ3) is 23.3. The molecule has 0 bridgehead atoms. The molecule has 0 atom stereocenters. The van der Waals surface area contributed by atoms with Crippen LogP contribution in [0.1, 0.15) is 13.8 Å². The van der Waals surface area contributed by atoms with Gasteiger partial charge in [-0.25, -0.2) is 0 Å². The van der Waals surface area contributed by atoms with E-state index in [1.54, 1.807) is 0 Å². The molecule has 0 aliphatic rings. The summed E-state index contributed by atoms with van der Waals surface area (Å²) < 4.78 is 37.2. The van der Waals surface area contributed by atoms with Crippen LogP contribution in [0.5, 0.6) is 0 Å². The van der Waals surface area contributed by atoms with E-state index < -0.39 is 0 Å². The molecule has 0 rings (SSSR count). The predicted octanol–water partition coefficient (Wildman–Crippen LogP) is 1.14. The van der Waals surface area contributed by atoms with Crippen LogP contribution in [0.3, 0.4) is 0 Å². The lowest BCUT2D eigenvalue weighted by molar-refractivity contribution is -0.0232. The van der Waals surface area contributed by atoms with Crippen LogP contribution in [0, 0.1) is 12.3 Å². The lowest BCUT2D eigenvalue weighted by Crippen LogP contribution is -2.15. The third-order valence-electron chi connectivity index (χ3n) is 2.72. The smallest absolute Gasteiger partial charge is 0.107 e. The number of hydrogen-bond donors (Lipinski definition) is 0. The lowest BCUT2D eigenvalue weighted by atomic mass is 10.5. The van der Waals surface area contributed by atoms with Crippen LogP contribution in [0.4, 0.5) is 0 Å². The van der Waals surface area contributed by atoms with Crippen molar-refractivity contribution in [3.05, 3.63) is 0 Å². The quantitative estimate of drug-likeness (QED) is 0.238. The Morgan fingerprint density at radius 1 is 0.560 bits per heavy atom. The van der Waals surface area contributed by atoms with Crippen molar-refractivity contribution in [3.63, 3.8) is 0 Å². The molecule has 0 saturated carbocycles. The first-order valence-electron chi connectivity index (χ1n) is 8.79. The van der Waals surface area contributed by atoms with Crippen LogP contribution in [0.2, 0.25) is 0 Å². The van der Waals surface area contributed by atoms with Crippen LogP contribution in [0.25, 0.3) is 0 Å². The second-order valence-electron chi connectivity index (χ2n) is 5.24. The van der Waals surface area contributed by atoms with E-state index in [2.05, 4.69) is 5.92 Å². The van der Waals surface area contributed by atoms with Crippen molar-refractivity contribution < 1.29 is 33.2 Å². The average Bonchev–Trinajstić information content (AvgIpc) is 2.60. The Morgan fingerprint density at radius 2 is 0.880 bits per heavy atom. The van der Waals surface area contributed by atoms with Crippen molar-refractivity contribution in [2.45, 2.75) is 20.0 Å². The summed E-state index contributed by atoms with van der Waals surface area (Å²) in [7, 11) is 0. The molecular formula is C18H34O7. The Balaban J connectivity index is 2.97. The molecule has 148 valence electrons. The monoisotopic (exact) mass is 362 g/mol. The highest BCUT2D eigenvalue weighted by Gasteiger charge is 1.95. The maximum absolute atomic E-state index is 5.39. The van der Waals surface area contributed by atoms with Crippen molar-refractivity contribution in [3.8, 4) is 12.3 Å². The second-order valence-corrected chi connectivity index (χ2v) is 5.24. The number of rotatable bonds is 20. The minimum absolute atomic E-state index is 0.243. The normalized spacial score (nSPS) is 11.1. The van der Waals surface area contributed by atoms with Crippen LogP contribution in [-0.2, 0) is 33.2 Å². The van der Waals surface area contributed by atoms with Crippen LogP contribution in [-0.4, -0.2) is 92.0 Å². The summed E-state index contributed by atoms with van der Waals surface area (Å²) in [6, 6.07) is 0. The molecule has 0 unspecified atom stereocenters. The largest absolute Gasteiger partial charge is 0.377 e. The molecule has 0 N–H and O–H groups in total. The lowest BCUT2D eigenvalue weighted by Gasteiger charge is -2.09. The number of terminal acetylenes is 1. The fraction of sp³-hybridized carbons (Fsp3) is 0.889. The van der Waals surface area contributed by atoms with Gasteiger partial charge in [0.15, 0.2) is 0 Å². The standard InChI is InChI=1S/C18H34O7/c1-4-5-19-6-7-20-8-9-21-10-11-22-12-13-23-14-15-24-16-17-25-18(2)3/h1,18H,5-17H2,2-3H3. The van der Waals surface area contributed by atoms with Gasteiger partial charge in [-0.1, -0.05) is 5.92 Å². The summed E-state index contributed by atoms with van der Waals surface area (Å²) in [5.74, 6) is 2.39. The molecule has 0 amide bonds. The Hall–Kier alpha value is -0.720. The van der Waals surface area contributed by atoms with E-state index in [4.69, 9.17) is 39.6 Å². The highest BCUT2D eigenvalue weighted by molar-refractivity contribution is 4.82. The molecule has 0 aromatic carbocycles.